The van der Waals surface area contributed by atoms with Gasteiger partial charge in [0.2, 0.25) is 0 Å². The number of hydrogen-bond donors (Lipinski definition) is 1. The number of nitrogens with one attached hydrogen (secondary N) is 1. The second-order valence-electron chi connectivity index (χ2n) is 5.15. The lowest BCUT2D eigenvalue weighted by Crippen LogP contribution is -2.44. The van der Waals surface area contributed by atoms with Crippen LogP contribution in [0, 0.1) is 11.8 Å². The van der Waals surface area contributed by atoms with Crippen LogP contribution in [0.4, 0.5) is 5.69 Å². The molecule has 0 spiro atoms. The monoisotopic (exact) mass is 248 g/mol. The Kier molecular flexibility index (Phi) is 4.00. The van der Waals surface area contributed by atoms with Gasteiger partial charge in [-0.1, -0.05) is 32.0 Å². The van der Waals surface area contributed by atoms with Crippen molar-refractivity contribution in [1.29, 1.82) is 0 Å². The molecular weight excluding hydrogens is 228 g/mol. The highest BCUT2D eigenvalue weighted by Gasteiger charge is 2.23. The molecule has 1 N–H and O–H groups in total. The molecule has 1 aliphatic heterocycles. The summed E-state index contributed by atoms with van der Waals surface area (Å²) in [4.78, 5) is 2.29. The van der Waals surface area contributed by atoms with Crippen molar-refractivity contribution in [3.63, 3.8) is 0 Å². The zero-order valence-electron chi connectivity index (χ0n) is 10.5. The summed E-state index contributed by atoms with van der Waals surface area (Å²) >= 11 is 5.48. The maximum absolute atomic E-state index is 5.48. The van der Waals surface area contributed by atoms with Crippen LogP contribution in [0.5, 0.6) is 0 Å². The van der Waals surface area contributed by atoms with Crippen LogP contribution in [-0.4, -0.2) is 23.1 Å². The summed E-state index contributed by atoms with van der Waals surface area (Å²) in [5.74, 6) is 1.46. The molecular formula is C14H20N2S. The molecule has 0 radical (unpaired) electrons. The molecule has 1 aromatic rings. The lowest BCUT2D eigenvalue weighted by atomic mass is 9.92. The molecule has 2 rings (SSSR count). The average Bonchev–Trinajstić information content (AvgIpc) is 2.29. The van der Waals surface area contributed by atoms with Gasteiger partial charge < -0.3 is 10.2 Å². The molecule has 2 nitrogen and oxygen atoms in total. The van der Waals surface area contributed by atoms with E-state index in [2.05, 4.69) is 24.1 Å². The van der Waals surface area contributed by atoms with E-state index in [4.69, 9.17) is 12.2 Å². The Morgan fingerprint density at radius 2 is 1.76 bits per heavy atom. The van der Waals surface area contributed by atoms with Crippen molar-refractivity contribution in [2.45, 2.75) is 20.3 Å². The summed E-state index contributed by atoms with van der Waals surface area (Å²) < 4.78 is 0. The standard InChI is InChI=1S/C14H20N2S/c1-11-8-12(2)10-16(9-11)14(17)15-13-6-4-3-5-7-13/h3-7,11-12H,8-10H2,1-2H3,(H,15,17)/t11-,12-/m0/s1. The number of piperidine rings is 1. The third kappa shape index (κ3) is 3.43. The van der Waals surface area contributed by atoms with Crippen molar-refractivity contribution >= 4 is 23.0 Å². The second kappa shape index (κ2) is 5.50. The number of hydrogen-bond acceptors (Lipinski definition) is 1. The van der Waals surface area contributed by atoms with Gasteiger partial charge in [0, 0.05) is 18.8 Å². The molecule has 1 fully saturated rings. The van der Waals surface area contributed by atoms with E-state index in [9.17, 15) is 0 Å². The topological polar surface area (TPSA) is 15.3 Å². The Morgan fingerprint density at radius 3 is 2.35 bits per heavy atom. The van der Waals surface area contributed by atoms with Crippen LogP contribution in [0.3, 0.4) is 0 Å². The van der Waals surface area contributed by atoms with Crippen molar-refractivity contribution in [1.82, 2.24) is 4.90 Å². The number of anilines is 1. The lowest BCUT2D eigenvalue weighted by molar-refractivity contribution is 0.216. The summed E-state index contributed by atoms with van der Waals surface area (Å²) in [5, 5.41) is 4.17. The van der Waals surface area contributed by atoms with Crippen molar-refractivity contribution in [3.8, 4) is 0 Å². The Morgan fingerprint density at radius 1 is 1.18 bits per heavy atom. The number of benzene rings is 1. The highest BCUT2D eigenvalue weighted by molar-refractivity contribution is 7.80. The summed E-state index contributed by atoms with van der Waals surface area (Å²) in [6.07, 6.45) is 1.31. The van der Waals surface area contributed by atoms with Crippen LogP contribution < -0.4 is 5.32 Å². The summed E-state index contributed by atoms with van der Waals surface area (Å²) in [7, 11) is 0. The quantitative estimate of drug-likeness (QED) is 0.767. The van der Waals surface area contributed by atoms with Gasteiger partial charge >= 0.3 is 0 Å². The largest absolute Gasteiger partial charge is 0.348 e. The molecule has 0 bridgehead atoms. The minimum absolute atomic E-state index is 0.731. The highest BCUT2D eigenvalue weighted by Crippen LogP contribution is 2.21. The van der Waals surface area contributed by atoms with Gasteiger partial charge in [-0.15, -0.1) is 0 Å². The molecule has 0 unspecified atom stereocenters. The highest BCUT2D eigenvalue weighted by atomic mass is 32.1. The summed E-state index contributed by atoms with van der Waals surface area (Å²) in [6.45, 7) is 6.74. The maximum Gasteiger partial charge on any atom is 0.173 e. The molecule has 1 saturated heterocycles. The summed E-state index contributed by atoms with van der Waals surface area (Å²) in [6, 6.07) is 10.1. The van der Waals surface area contributed by atoms with Crippen LogP contribution in [0.25, 0.3) is 0 Å². The molecule has 0 aromatic heterocycles. The van der Waals surface area contributed by atoms with Gasteiger partial charge in [0.25, 0.3) is 0 Å². The third-order valence-electron chi connectivity index (χ3n) is 3.18. The molecule has 0 saturated carbocycles. The summed E-state index contributed by atoms with van der Waals surface area (Å²) in [5.41, 5.74) is 1.07. The van der Waals surface area contributed by atoms with E-state index in [1.54, 1.807) is 0 Å². The zero-order chi connectivity index (χ0) is 12.3. The van der Waals surface area contributed by atoms with Gasteiger partial charge in [-0.25, -0.2) is 0 Å². The van der Waals surface area contributed by atoms with Gasteiger partial charge in [-0.2, -0.15) is 0 Å². The van der Waals surface area contributed by atoms with Gasteiger partial charge in [0.15, 0.2) is 5.11 Å². The normalized spacial score (nSPS) is 24.5. The Bertz CT molecular complexity index is 367. The molecule has 2 atom stereocenters. The minimum atomic E-state index is 0.731. The molecule has 17 heavy (non-hydrogen) atoms. The third-order valence-corrected chi connectivity index (χ3v) is 3.54. The molecule has 3 heteroatoms. The predicted octanol–water partition coefficient (Wildman–Crippen LogP) is 3.36. The second-order valence-corrected chi connectivity index (χ2v) is 5.53. The van der Waals surface area contributed by atoms with E-state index in [0.29, 0.717) is 0 Å². The predicted molar refractivity (Wildman–Crippen MR) is 77.2 cm³/mol. The van der Waals surface area contributed by atoms with E-state index < -0.39 is 0 Å². The fourth-order valence-corrected chi connectivity index (χ4v) is 2.82. The first-order chi connectivity index (χ1) is 8.15. The van der Waals surface area contributed by atoms with E-state index >= 15 is 0 Å². The zero-order valence-corrected chi connectivity index (χ0v) is 11.3. The fourth-order valence-electron chi connectivity index (χ4n) is 2.55. The minimum Gasteiger partial charge on any atom is -0.348 e. The first-order valence-corrected chi connectivity index (χ1v) is 6.67. The van der Waals surface area contributed by atoms with E-state index in [0.717, 1.165) is 35.7 Å². The average molecular weight is 248 g/mol. The first kappa shape index (κ1) is 12.4. The number of likely N-dealkylation sites (tertiary alicyclic amines) is 1. The Hall–Kier alpha value is -1.09. The van der Waals surface area contributed by atoms with E-state index in [1.807, 2.05) is 30.3 Å². The molecule has 92 valence electrons. The van der Waals surface area contributed by atoms with Gasteiger partial charge in [0.1, 0.15) is 0 Å². The smallest absolute Gasteiger partial charge is 0.173 e. The maximum atomic E-state index is 5.48. The van der Waals surface area contributed by atoms with Crippen LogP contribution in [-0.2, 0) is 0 Å². The number of rotatable bonds is 1. The number of thiocarbonyl (C=S) groups is 1. The van der Waals surface area contributed by atoms with Gasteiger partial charge in [-0.05, 0) is 42.6 Å². The first-order valence-electron chi connectivity index (χ1n) is 6.26. The van der Waals surface area contributed by atoms with Crippen LogP contribution >= 0.6 is 12.2 Å². The lowest BCUT2D eigenvalue weighted by Gasteiger charge is -2.36. The van der Waals surface area contributed by atoms with E-state index in [1.165, 1.54) is 6.42 Å². The van der Waals surface area contributed by atoms with Crippen molar-refractivity contribution < 1.29 is 0 Å². The number of para-hydroxylation sites is 1. The van der Waals surface area contributed by atoms with Crippen molar-refractivity contribution in [2.24, 2.45) is 11.8 Å². The van der Waals surface area contributed by atoms with Crippen molar-refractivity contribution in [3.05, 3.63) is 30.3 Å². The molecule has 1 aromatic carbocycles. The van der Waals surface area contributed by atoms with Crippen molar-refractivity contribution in [2.75, 3.05) is 18.4 Å². The van der Waals surface area contributed by atoms with Gasteiger partial charge in [0.05, 0.1) is 0 Å². The van der Waals surface area contributed by atoms with E-state index in [-0.39, 0.29) is 0 Å². The number of nitrogens with zero attached hydrogens (tertiary/aromatic N) is 1. The Balaban J connectivity index is 1.96. The Labute approximate surface area is 109 Å². The molecule has 0 amide bonds. The van der Waals surface area contributed by atoms with Gasteiger partial charge in [-0.3, -0.25) is 0 Å². The fraction of sp³-hybridized carbons (Fsp3) is 0.500. The molecule has 1 aliphatic rings. The molecule has 1 heterocycles. The SMILES string of the molecule is C[C@H]1C[C@H](C)CN(C(=S)Nc2ccccc2)C1. The van der Waals surface area contributed by atoms with Crippen LogP contribution in [0.15, 0.2) is 30.3 Å². The van der Waals surface area contributed by atoms with Crippen LogP contribution in [0.2, 0.25) is 0 Å². The van der Waals surface area contributed by atoms with Crippen LogP contribution in [0.1, 0.15) is 20.3 Å². The molecule has 0 aliphatic carbocycles.